The Labute approximate surface area is 162 Å². The van der Waals surface area contributed by atoms with Crippen LogP contribution in [0.5, 0.6) is 5.75 Å². The summed E-state index contributed by atoms with van der Waals surface area (Å²) in [6.07, 6.45) is 2.78. The molecule has 0 saturated heterocycles. The lowest BCUT2D eigenvalue weighted by molar-refractivity contribution is 0.240. The van der Waals surface area contributed by atoms with E-state index in [-0.39, 0.29) is 6.10 Å². The molecule has 7 nitrogen and oxygen atoms in total. The van der Waals surface area contributed by atoms with Crippen molar-refractivity contribution in [1.82, 2.24) is 25.4 Å². The third-order valence-electron chi connectivity index (χ3n) is 3.99. The molecule has 0 fully saturated rings. The smallest absolute Gasteiger partial charge is 0.191 e. The number of ether oxygens (including phenoxy) is 1. The van der Waals surface area contributed by atoms with E-state index in [0.717, 1.165) is 49.2 Å². The van der Waals surface area contributed by atoms with Gasteiger partial charge in [-0.2, -0.15) is 0 Å². The monoisotopic (exact) mass is 372 g/mol. The van der Waals surface area contributed by atoms with Crippen molar-refractivity contribution in [2.24, 2.45) is 4.99 Å². The summed E-state index contributed by atoms with van der Waals surface area (Å²) in [5.41, 5.74) is 2.27. The normalized spacial score (nSPS) is 11.7. The van der Waals surface area contributed by atoms with Crippen LogP contribution in [0.2, 0.25) is 0 Å². The number of aryl methyl sites for hydroxylation is 2. The van der Waals surface area contributed by atoms with E-state index in [1.165, 1.54) is 5.56 Å². The zero-order chi connectivity index (χ0) is 19.6. The summed E-state index contributed by atoms with van der Waals surface area (Å²) < 4.78 is 8.01. The van der Waals surface area contributed by atoms with Gasteiger partial charge in [0.25, 0.3) is 0 Å². The molecule has 0 aliphatic rings. The van der Waals surface area contributed by atoms with Crippen LogP contribution in [0.25, 0.3) is 0 Å². The molecule has 0 bridgehead atoms. The van der Waals surface area contributed by atoms with E-state index in [9.17, 15) is 0 Å². The van der Waals surface area contributed by atoms with Gasteiger partial charge in [0.2, 0.25) is 0 Å². The maximum atomic E-state index is 5.95. The molecule has 1 aromatic heterocycles. The zero-order valence-electron chi connectivity index (χ0n) is 17.1. The topological polar surface area (TPSA) is 76.4 Å². The van der Waals surface area contributed by atoms with Crippen LogP contribution in [0, 0.1) is 6.92 Å². The van der Waals surface area contributed by atoms with Gasteiger partial charge in [0.1, 0.15) is 17.9 Å². The van der Waals surface area contributed by atoms with Crippen molar-refractivity contribution in [1.29, 1.82) is 0 Å². The van der Waals surface area contributed by atoms with E-state index in [4.69, 9.17) is 9.73 Å². The fourth-order valence-electron chi connectivity index (χ4n) is 2.70. The lowest BCUT2D eigenvalue weighted by Gasteiger charge is -2.15. The Kier molecular flexibility index (Phi) is 8.10. The highest BCUT2D eigenvalue weighted by molar-refractivity contribution is 5.79. The predicted molar refractivity (Wildman–Crippen MR) is 109 cm³/mol. The van der Waals surface area contributed by atoms with Crippen LogP contribution < -0.4 is 15.4 Å². The fraction of sp³-hybridized carbons (Fsp3) is 0.550. The van der Waals surface area contributed by atoms with E-state index in [1.54, 1.807) is 6.33 Å². The van der Waals surface area contributed by atoms with E-state index in [0.29, 0.717) is 6.54 Å². The van der Waals surface area contributed by atoms with Crippen molar-refractivity contribution in [3.63, 3.8) is 0 Å². The SMILES string of the molecule is CCNC(=NCc1ccc(C)cc1OC(C)C)NCCn1cnnc1CC. The second-order valence-electron chi connectivity index (χ2n) is 6.69. The number of aliphatic imine (C=N–C) groups is 1. The van der Waals surface area contributed by atoms with Crippen LogP contribution in [-0.2, 0) is 19.5 Å². The van der Waals surface area contributed by atoms with Gasteiger partial charge in [0.15, 0.2) is 5.96 Å². The second-order valence-corrected chi connectivity index (χ2v) is 6.69. The molecule has 0 spiro atoms. The van der Waals surface area contributed by atoms with Crippen LogP contribution in [0.4, 0.5) is 0 Å². The molecule has 0 radical (unpaired) electrons. The number of nitrogens with zero attached hydrogens (tertiary/aromatic N) is 4. The Balaban J connectivity index is 2.00. The molecule has 0 amide bonds. The third kappa shape index (κ3) is 6.58. The highest BCUT2D eigenvalue weighted by Gasteiger charge is 2.07. The molecule has 148 valence electrons. The molecule has 2 rings (SSSR count). The van der Waals surface area contributed by atoms with Crippen LogP contribution in [0.1, 0.15) is 44.6 Å². The minimum Gasteiger partial charge on any atom is -0.491 e. The maximum absolute atomic E-state index is 5.95. The van der Waals surface area contributed by atoms with Gasteiger partial charge in [-0.05, 0) is 39.3 Å². The Bertz CT molecular complexity index is 738. The molecular weight excluding hydrogens is 340 g/mol. The van der Waals surface area contributed by atoms with Crippen LogP contribution in [-0.4, -0.2) is 39.9 Å². The van der Waals surface area contributed by atoms with Gasteiger partial charge in [-0.15, -0.1) is 10.2 Å². The van der Waals surface area contributed by atoms with Gasteiger partial charge < -0.3 is 19.9 Å². The van der Waals surface area contributed by atoms with E-state index < -0.39 is 0 Å². The molecule has 0 aliphatic carbocycles. The van der Waals surface area contributed by atoms with Crippen molar-refractivity contribution in [3.05, 3.63) is 41.5 Å². The summed E-state index contributed by atoms with van der Waals surface area (Å²) in [5.74, 6) is 2.69. The van der Waals surface area contributed by atoms with Gasteiger partial charge in [0.05, 0.1) is 12.6 Å². The average Bonchev–Trinajstić information content (AvgIpc) is 3.08. The number of rotatable bonds is 9. The minimum atomic E-state index is 0.137. The van der Waals surface area contributed by atoms with E-state index in [1.807, 2.05) is 13.8 Å². The molecule has 0 unspecified atom stereocenters. The van der Waals surface area contributed by atoms with Crippen molar-refractivity contribution < 1.29 is 4.74 Å². The van der Waals surface area contributed by atoms with Crippen molar-refractivity contribution in [2.45, 2.75) is 60.2 Å². The van der Waals surface area contributed by atoms with E-state index >= 15 is 0 Å². The Morgan fingerprint density at radius 3 is 2.78 bits per heavy atom. The number of guanidine groups is 1. The summed E-state index contributed by atoms with van der Waals surface area (Å²) in [5, 5.41) is 14.7. The molecule has 1 heterocycles. The number of hydrogen-bond acceptors (Lipinski definition) is 4. The predicted octanol–water partition coefficient (Wildman–Crippen LogP) is 2.69. The highest BCUT2D eigenvalue weighted by Crippen LogP contribution is 2.22. The number of hydrogen-bond donors (Lipinski definition) is 2. The van der Waals surface area contributed by atoms with Crippen molar-refractivity contribution in [2.75, 3.05) is 13.1 Å². The lowest BCUT2D eigenvalue weighted by atomic mass is 10.1. The van der Waals surface area contributed by atoms with Gasteiger partial charge in [-0.1, -0.05) is 19.1 Å². The first kappa shape index (κ1) is 20.7. The van der Waals surface area contributed by atoms with Crippen LogP contribution in [0.3, 0.4) is 0 Å². The van der Waals surface area contributed by atoms with Gasteiger partial charge >= 0.3 is 0 Å². The lowest BCUT2D eigenvalue weighted by Crippen LogP contribution is -2.39. The Hall–Kier alpha value is -2.57. The summed E-state index contributed by atoms with van der Waals surface area (Å²) in [4.78, 5) is 4.72. The van der Waals surface area contributed by atoms with Crippen molar-refractivity contribution in [3.8, 4) is 5.75 Å². The summed E-state index contributed by atoms with van der Waals surface area (Å²) in [6.45, 7) is 13.2. The number of benzene rings is 1. The molecule has 0 saturated carbocycles. The van der Waals surface area contributed by atoms with Gasteiger partial charge in [0, 0.05) is 31.6 Å². The first-order valence-electron chi connectivity index (χ1n) is 9.68. The first-order valence-corrected chi connectivity index (χ1v) is 9.68. The fourth-order valence-corrected chi connectivity index (χ4v) is 2.70. The molecule has 0 atom stereocenters. The number of nitrogens with one attached hydrogen (secondary N) is 2. The molecular formula is C20H32N6O. The first-order chi connectivity index (χ1) is 13.0. The molecule has 0 aliphatic heterocycles. The van der Waals surface area contributed by atoms with Gasteiger partial charge in [-0.25, -0.2) is 4.99 Å². The Morgan fingerprint density at radius 1 is 1.26 bits per heavy atom. The maximum Gasteiger partial charge on any atom is 0.191 e. The van der Waals surface area contributed by atoms with Crippen molar-refractivity contribution >= 4 is 5.96 Å². The molecule has 7 heteroatoms. The third-order valence-corrected chi connectivity index (χ3v) is 3.99. The van der Waals surface area contributed by atoms with E-state index in [2.05, 4.69) is 64.4 Å². The molecule has 1 aromatic carbocycles. The molecule has 2 N–H and O–H groups in total. The van der Waals surface area contributed by atoms with Gasteiger partial charge in [-0.3, -0.25) is 0 Å². The molecule has 2 aromatic rings. The molecule has 27 heavy (non-hydrogen) atoms. The summed E-state index contributed by atoms with van der Waals surface area (Å²) >= 11 is 0. The highest BCUT2D eigenvalue weighted by atomic mass is 16.5. The average molecular weight is 373 g/mol. The van der Waals surface area contributed by atoms with Crippen LogP contribution in [0.15, 0.2) is 29.5 Å². The number of aromatic nitrogens is 3. The minimum absolute atomic E-state index is 0.137. The standard InChI is InChI=1S/C20H32N6O/c1-6-19-25-24-14-26(19)11-10-22-20(21-7-2)23-13-17-9-8-16(5)12-18(17)27-15(3)4/h8-9,12,14-15H,6-7,10-11,13H2,1-5H3,(H2,21,22,23). The second kappa shape index (κ2) is 10.5. The quantitative estimate of drug-likeness (QED) is 0.523. The zero-order valence-corrected chi connectivity index (χ0v) is 17.1. The Morgan fingerprint density at radius 2 is 2.07 bits per heavy atom. The largest absolute Gasteiger partial charge is 0.491 e. The summed E-state index contributed by atoms with van der Waals surface area (Å²) in [7, 11) is 0. The van der Waals surface area contributed by atoms with Crippen LogP contribution >= 0.6 is 0 Å². The summed E-state index contributed by atoms with van der Waals surface area (Å²) in [6, 6.07) is 6.25.